The summed E-state index contributed by atoms with van der Waals surface area (Å²) < 4.78 is 1.50. The van der Waals surface area contributed by atoms with E-state index in [-0.39, 0.29) is 11.0 Å². The molecule has 2 heterocycles. The molecule has 1 aliphatic rings. The molecule has 21 heavy (non-hydrogen) atoms. The van der Waals surface area contributed by atoms with Crippen molar-refractivity contribution in [1.29, 1.82) is 0 Å². The Morgan fingerprint density at radius 1 is 1.38 bits per heavy atom. The molecule has 0 saturated carbocycles. The van der Waals surface area contributed by atoms with Crippen LogP contribution in [0.1, 0.15) is 31.4 Å². The normalized spacial score (nSPS) is 20.3. The van der Waals surface area contributed by atoms with Gasteiger partial charge in [-0.05, 0) is 18.4 Å². The number of nitrogens with zero attached hydrogens (tertiary/aromatic N) is 3. The van der Waals surface area contributed by atoms with E-state index >= 15 is 0 Å². The smallest absolute Gasteiger partial charge is 0.264 e. The summed E-state index contributed by atoms with van der Waals surface area (Å²) in [5.41, 5.74) is 3.73. The van der Waals surface area contributed by atoms with E-state index in [0.29, 0.717) is 5.78 Å². The zero-order valence-corrected chi connectivity index (χ0v) is 12.1. The minimum atomic E-state index is -0.188. The quantitative estimate of drug-likeness (QED) is 0.744. The van der Waals surface area contributed by atoms with E-state index in [0.717, 1.165) is 29.7 Å². The monoisotopic (exact) mass is 280 g/mol. The summed E-state index contributed by atoms with van der Waals surface area (Å²) in [6, 6.07) is 8.21. The number of hydrogen-bond donors (Lipinski definition) is 1. The molecule has 0 radical (unpaired) electrons. The topological polar surface area (TPSA) is 63.1 Å². The molecular formula is C16H16N4O. The van der Waals surface area contributed by atoms with Gasteiger partial charge in [0, 0.05) is 11.0 Å². The van der Waals surface area contributed by atoms with E-state index in [2.05, 4.69) is 35.1 Å². The van der Waals surface area contributed by atoms with Gasteiger partial charge in [0.15, 0.2) is 0 Å². The fraction of sp³-hybridized carbons (Fsp3) is 0.312. The lowest BCUT2D eigenvalue weighted by molar-refractivity contribution is 0.440. The van der Waals surface area contributed by atoms with E-state index < -0.39 is 0 Å². The Bertz CT molecular complexity index is 908. The van der Waals surface area contributed by atoms with Gasteiger partial charge in [-0.25, -0.2) is 14.5 Å². The standard InChI is InChI=1S/C16H16N4O/c1-3-16(2)8-10-6-4-5-7-11(10)13-12(16)14(21)20-9-17-19-15(20)18-13/h4-7,9H,3,8H2,1-2H3,(H,18,19)/t16-/m1/s1. The van der Waals surface area contributed by atoms with Crippen LogP contribution in [0.3, 0.4) is 0 Å². The third-order valence-corrected chi connectivity index (χ3v) is 4.69. The van der Waals surface area contributed by atoms with Crippen LogP contribution in [0, 0.1) is 0 Å². The van der Waals surface area contributed by atoms with Crippen molar-refractivity contribution < 1.29 is 0 Å². The predicted octanol–water partition coefficient (Wildman–Crippen LogP) is 2.31. The first-order valence-corrected chi connectivity index (χ1v) is 7.18. The summed E-state index contributed by atoms with van der Waals surface area (Å²) in [7, 11) is 0. The van der Waals surface area contributed by atoms with Gasteiger partial charge < -0.3 is 0 Å². The molecule has 106 valence electrons. The highest BCUT2D eigenvalue weighted by Gasteiger charge is 2.37. The highest BCUT2D eigenvalue weighted by molar-refractivity contribution is 5.72. The van der Waals surface area contributed by atoms with Gasteiger partial charge in [0.2, 0.25) is 5.78 Å². The summed E-state index contributed by atoms with van der Waals surface area (Å²) in [6.45, 7) is 4.28. The lowest BCUT2D eigenvalue weighted by Crippen LogP contribution is -2.37. The molecular weight excluding hydrogens is 264 g/mol. The van der Waals surface area contributed by atoms with Crippen molar-refractivity contribution in [1.82, 2.24) is 19.6 Å². The number of fused-ring (bicyclic) bond motifs is 4. The fourth-order valence-electron chi connectivity index (χ4n) is 3.32. The SMILES string of the molecule is CC[C@]1(C)Cc2ccccc2-c2nc3[nH]ncn3c(=O)c21. The van der Waals surface area contributed by atoms with Crippen LogP contribution < -0.4 is 5.56 Å². The molecule has 0 amide bonds. The molecule has 0 unspecified atom stereocenters. The van der Waals surface area contributed by atoms with E-state index in [1.54, 1.807) is 0 Å². The maximum Gasteiger partial charge on any atom is 0.264 e. The summed E-state index contributed by atoms with van der Waals surface area (Å²) in [6.07, 6.45) is 3.27. The highest BCUT2D eigenvalue weighted by atomic mass is 16.1. The molecule has 1 aliphatic carbocycles. The molecule has 2 aromatic heterocycles. The van der Waals surface area contributed by atoms with Crippen molar-refractivity contribution in [3.8, 4) is 11.3 Å². The molecule has 1 aromatic carbocycles. The first-order valence-electron chi connectivity index (χ1n) is 7.18. The van der Waals surface area contributed by atoms with Crippen molar-refractivity contribution in [2.45, 2.75) is 32.1 Å². The number of benzene rings is 1. The summed E-state index contributed by atoms with van der Waals surface area (Å²) in [5.74, 6) is 0.494. The van der Waals surface area contributed by atoms with Gasteiger partial charge >= 0.3 is 0 Å². The van der Waals surface area contributed by atoms with Gasteiger partial charge in [-0.2, -0.15) is 5.10 Å². The Balaban J connectivity index is 2.19. The van der Waals surface area contributed by atoms with Gasteiger partial charge in [0.1, 0.15) is 6.33 Å². The number of nitrogens with one attached hydrogen (secondary N) is 1. The average Bonchev–Trinajstić information content (AvgIpc) is 2.96. The van der Waals surface area contributed by atoms with Gasteiger partial charge in [0.05, 0.1) is 11.3 Å². The largest absolute Gasteiger partial charge is 0.268 e. The Hall–Kier alpha value is -2.43. The summed E-state index contributed by atoms with van der Waals surface area (Å²) in [4.78, 5) is 17.5. The molecule has 0 saturated heterocycles. The number of rotatable bonds is 1. The third-order valence-electron chi connectivity index (χ3n) is 4.69. The van der Waals surface area contributed by atoms with Crippen LogP contribution in [0.25, 0.3) is 17.0 Å². The Morgan fingerprint density at radius 3 is 3.00 bits per heavy atom. The second-order valence-electron chi connectivity index (χ2n) is 5.94. The van der Waals surface area contributed by atoms with Crippen LogP contribution in [0.2, 0.25) is 0 Å². The molecule has 0 spiro atoms. The predicted molar refractivity (Wildman–Crippen MR) is 80.4 cm³/mol. The van der Waals surface area contributed by atoms with Crippen LogP contribution in [0.4, 0.5) is 0 Å². The van der Waals surface area contributed by atoms with Crippen LogP contribution in [0.5, 0.6) is 0 Å². The van der Waals surface area contributed by atoms with Crippen molar-refractivity contribution >= 4 is 5.78 Å². The highest BCUT2D eigenvalue weighted by Crippen LogP contribution is 2.42. The van der Waals surface area contributed by atoms with E-state index in [1.165, 1.54) is 16.3 Å². The molecule has 0 aliphatic heterocycles. The first-order chi connectivity index (χ1) is 10.1. The second-order valence-corrected chi connectivity index (χ2v) is 5.94. The third kappa shape index (κ3) is 1.54. The first kappa shape index (κ1) is 12.3. The molecule has 5 heteroatoms. The molecule has 1 atom stereocenters. The maximum atomic E-state index is 12.9. The fourth-order valence-corrected chi connectivity index (χ4v) is 3.32. The Kier molecular flexibility index (Phi) is 2.37. The second kappa shape index (κ2) is 4.04. The van der Waals surface area contributed by atoms with Gasteiger partial charge in [-0.15, -0.1) is 0 Å². The molecule has 4 rings (SSSR count). The van der Waals surface area contributed by atoms with Crippen LogP contribution in [-0.2, 0) is 11.8 Å². The molecule has 1 N–H and O–H groups in total. The number of aromatic amines is 1. The number of hydrogen-bond acceptors (Lipinski definition) is 3. The molecule has 5 nitrogen and oxygen atoms in total. The van der Waals surface area contributed by atoms with Crippen molar-refractivity contribution in [2.24, 2.45) is 0 Å². The van der Waals surface area contributed by atoms with Gasteiger partial charge in [-0.1, -0.05) is 38.1 Å². The average molecular weight is 280 g/mol. The summed E-state index contributed by atoms with van der Waals surface area (Å²) >= 11 is 0. The zero-order chi connectivity index (χ0) is 14.6. The molecule has 0 bridgehead atoms. The lowest BCUT2D eigenvalue weighted by atomic mass is 9.69. The van der Waals surface area contributed by atoms with Crippen molar-refractivity contribution in [2.75, 3.05) is 0 Å². The minimum absolute atomic E-state index is 0.0115. The number of H-pyrrole nitrogens is 1. The maximum absolute atomic E-state index is 12.9. The Labute approximate surface area is 121 Å². The van der Waals surface area contributed by atoms with Crippen molar-refractivity contribution in [3.63, 3.8) is 0 Å². The Morgan fingerprint density at radius 2 is 2.19 bits per heavy atom. The summed E-state index contributed by atoms with van der Waals surface area (Å²) in [5, 5.41) is 6.73. The lowest BCUT2D eigenvalue weighted by Gasteiger charge is -2.34. The van der Waals surface area contributed by atoms with E-state index in [1.807, 2.05) is 18.2 Å². The van der Waals surface area contributed by atoms with E-state index in [9.17, 15) is 4.79 Å². The molecule has 3 aromatic rings. The molecule has 0 fully saturated rings. The van der Waals surface area contributed by atoms with E-state index in [4.69, 9.17) is 0 Å². The van der Waals surface area contributed by atoms with Crippen LogP contribution >= 0.6 is 0 Å². The van der Waals surface area contributed by atoms with Crippen LogP contribution in [-0.4, -0.2) is 19.6 Å². The zero-order valence-electron chi connectivity index (χ0n) is 12.1. The van der Waals surface area contributed by atoms with Crippen molar-refractivity contribution in [3.05, 3.63) is 52.1 Å². The van der Waals surface area contributed by atoms with Gasteiger partial charge in [-0.3, -0.25) is 4.79 Å². The van der Waals surface area contributed by atoms with Gasteiger partial charge in [0.25, 0.3) is 5.56 Å². The minimum Gasteiger partial charge on any atom is -0.268 e. The number of aromatic nitrogens is 4. The van der Waals surface area contributed by atoms with Crippen LogP contribution in [0.15, 0.2) is 35.4 Å².